The van der Waals surface area contributed by atoms with Gasteiger partial charge in [0.15, 0.2) is 0 Å². The highest BCUT2D eigenvalue weighted by Crippen LogP contribution is 2.09. The smallest absolute Gasteiger partial charge is 0.307 e. The molecule has 1 atom stereocenters. The first kappa shape index (κ1) is 17.4. The quantitative estimate of drug-likeness (QED) is 0.599. The van der Waals surface area contributed by atoms with Crippen molar-refractivity contribution in [1.29, 1.82) is 0 Å². The molecule has 2 N–H and O–H groups in total. The van der Waals surface area contributed by atoms with Crippen LogP contribution >= 0.6 is 0 Å². The van der Waals surface area contributed by atoms with Crippen LogP contribution in [0.2, 0.25) is 0 Å². The molecule has 1 saturated heterocycles. The van der Waals surface area contributed by atoms with E-state index in [-0.39, 0.29) is 24.8 Å². The number of esters is 1. The first-order valence-electron chi connectivity index (χ1n) is 7.52. The van der Waals surface area contributed by atoms with Gasteiger partial charge in [0.2, 0.25) is 11.8 Å². The molecule has 0 radical (unpaired) electrons. The number of amides is 2. The molecule has 7 nitrogen and oxygen atoms in total. The maximum absolute atomic E-state index is 11.9. The summed E-state index contributed by atoms with van der Waals surface area (Å²) in [6.45, 7) is 6.01. The summed E-state index contributed by atoms with van der Waals surface area (Å²) in [5.41, 5.74) is 0. The average molecular weight is 299 g/mol. The van der Waals surface area contributed by atoms with Crippen molar-refractivity contribution in [2.45, 2.75) is 39.2 Å². The van der Waals surface area contributed by atoms with Crippen molar-refractivity contribution in [2.75, 3.05) is 32.8 Å². The molecule has 0 aromatic carbocycles. The minimum atomic E-state index is -0.629. The van der Waals surface area contributed by atoms with Crippen molar-refractivity contribution in [3.8, 4) is 0 Å². The Morgan fingerprint density at radius 2 is 2.14 bits per heavy atom. The van der Waals surface area contributed by atoms with Crippen LogP contribution < -0.4 is 10.6 Å². The van der Waals surface area contributed by atoms with Crippen LogP contribution in [0.1, 0.15) is 33.1 Å². The van der Waals surface area contributed by atoms with E-state index in [2.05, 4.69) is 10.6 Å². The number of piperazine rings is 1. The topological polar surface area (TPSA) is 87.7 Å². The third-order valence-corrected chi connectivity index (χ3v) is 3.19. The van der Waals surface area contributed by atoms with Gasteiger partial charge < -0.3 is 15.4 Å². The molecule has 120 valence electrons. The summed E-state index contributed by atoms with van der Waals surface area (Å²) >= 11 is 0. The fourth-order valence-corrected chi connectivity index (χ4v) is 2.11. The summed E-state index contributed by atoms with van der Waals surface area (Å²) in [4.78, 5) is 37.1. The van der Waals surface area contributed by atoms with Crippen molar-refractivity contribution in [3.63, 3.8) is 0 Å². The van der Waals surface area contributed by atoms with E-state index in [1.165, 1.54) is 0 Å². The molecule has 0 aromatic heterocycles. The highest BCUT2D eigenvalue weighted by atomic mass is 16.5. The number of ether oxygens (including phenoxy) is 1. The van der Waals surface area contributed by atoms with Gasteiger partial charge in [-0.3, -0.25) is 19.3 Å². The van der Waals surface area contributed by atoms with Crippen LogP contribution in [0.25, 0.3) is 0 Å². The van der Waals surface area contributed by atoms with Gasteiger partial charge in [-0.25, -0.2) is 0 Å². The zero-order valence-electron chi connectivity index (χ0n) is 12.8. The molecule has 1 rings (SSSR count). The normalized spacial score (nSPS) is 19.0. The molecule has 0 saturated carbocycles. The second-order valence-electron chi connectivity index (χ2n) is 5.05. The van der Waals surface area contributed by atoms with Crippen LogP contribution in [-0.2, 0) is 19.1 Å². The average Bonchev–Trinajstić information content (AvgIpc) is 2.46. The number of carbonyl (C=O) groups excluding carboxylic acids is 3. The minimum absolute atomic E-state index is 0.0209. The maximum atomic E-state index is 11.9. The summed E-state index contributed by atoms with van der Waals surface area (Å²) in [6, 6.07) is -0.629. The van der Waals surface area contributed by atoms with Crippen molar-refractivity contribution >= 4 is 17.8 Å². The Hall–Kier alpha value is -1.63. The van der Waals surface area contributed by atoms with Gasteiger partial charge in [-0.2, -0.15) is 0 Å². The predicted molar refractivity (Wildman–Crippen MR) is 77.5 cm³/mol. The third kappa shape index (κ3) is 6.12. The first-order chi connectivity index (χ1) is 10.1. The molecule has 0 spiro atoms. The standard InChI is InChI=1S/C14H25N3O4/c1-3-5-15-12(18)10-17-7-6-16-14(20)11(17)9-13(19)21-8-4-2/h11H,3-10H2,1-2H3,(H,15,18)(H,16,20). The van der Waals surface area contributed by atoms with Gasteiger partial charge in [-0.15, -0.1) is 0 Å². The maximum Gasteiger partial charge on any atom is 0.307 e. The lowest BCUT2D eigenvalue weighted by atomic mass is 10.1. The third-order valence-electron chi connectivity index (χ3n) is 3.19. The second-order valence-corrected chi connectivity index (χ2v) is 5.05. The van der Waals surface area contributed by atoms with Crippen LogP contribution in [0, 0.1) is 0 Å². The highest BCUT2D eigenvalue weighted by Gasteiger charge is 2.33. The van der Waals surface area contributed by atoms with E-state index < -0.39 is 12.0 Å². The molecule has 0 aromatic rings. The van der Waals surface area contributed by atoms with Crippen LogP contribution in [0.3, 0.4) is 0 Å². The predicted octanol–water partition coefficient (Wildman–Crippen LogP) is -0.344. The van der Waals surface area contributed by atoms with E-state index in [1.807, 2.05) is 13.8 Å². The Kier molecular flexibility index (Phi) is 7.74. The number of hydrogen-bond donors (Lipinski definition) is 2. The van der Waals surface area contributed by atoms with E-state index in [9.17, 15) is 14.4 Å². The molecule has 7 heteroatoms. The molecule has 2 amide bonds. The van der Waals surface area contributed by atoms with Crippen LogP contribution in [0.5, 0.6) is 0 Å². The van der Waals surface area contributed by atoms with Gasteiger partial charge in [0.25, 0.3) is 0 Å². The molecule has 1 unspecified atom stereocenters. The Bertz CT molecular complexity index is 373. The van der Waals surface area contributed by atoms with Crippen molar-refractivity contribution in [1.82, 2.24) is 15.5 Å². The van der Waals surface area contributed by atoms with E-state index >= 15 is 0 Å². The highest BCUT2D eigenvalue weighted by molar-refractivity contribution is 5.88. The number of carbonyl (C=O) groups is 3. The molecular formula is C14H25N3O4. The van der Waals surface area contributed by atoms with Gasteiger partial charge >= 0.3 is 5.97 Å². The van der Waals surface area contributed by atoms with Gasteiger partial charge in [0.1, 0.15) is 6.04 Å². The van der Waals surface area contributed by atoms with Crippen molar-refractivity contribution in [3.05, 3.63) is 0 Å². The van der Waals surface area contributed by atoms with E-state index in [0.29, 0.717) is 26.2 Å². The second kappa shape index (κ2) is 9.33. The molecule has 0 aliphatic carbocycles. The van der Waals surface area contributed by atoms with Gasteiger partial charge in [-0.1, -0.05) is 13.8 Å². The van der Waals surface area contributed by atoms with E-state index in [1.54, 1.807) is 4.90 Å². The Balaban J connectivity index is 2.55. The van der Waals surface area contributed by atoms with Gasteiger partial charge in [0.05, 0.1) is 19.6 Å². The van der Waals surface area contributed by atoms with Crippen LogP contribution in [0.15, 0.2) is 0 Å². The summed E-state index contributed by atoms with van der Waals surface area (Å²) in [5, 5.41) is 5.49. The molecular weight excluding hydrogens is 274 g/mol. The summed E-state index contributed by atoms with van der Waals surface area (Å²) in [7, 11) is 0. The van der Waals surface area contributed by atoms with Crippen LogP contribution in [-0.4, -0.2) is 61.5 Å². The fraction of sp³-hybridized carbons (Fsp3) is 0.786. The number of hydrogen-bond acceptors (Lipinski definition) is 5. The van der Waals surface area contributed by atoms with Crippen molar-refractivity contribution in [2.24, 2.45) is 0 Å². The molecule has 1 aliphatic heterocycles. The largest absolute Gasteiger partial charge is 0.466 e. The molecule has 1 aliphatic rings. The van der Waals surface area contributed by atoms with Crippen LogP contribution in [0.4, 0.5) is 0 Å². The lowest BCUT2D eigenvalue weighted by Gasteiger charge is -2.33. The van der Waals surface area contributed by atoms with Crippen molar-refractivity contribution < 1.29 is 19.1 Å². The molecule has 1 heterocycles. The number of nitrogens with one attached hydrogen (secondary N) is 2. The van der Waals surface area contributed by atoms with E-state index in [0.717, 1.165) is 12.8 Å². The lowest BCUT2D eigenvalue weighted by molar-refractivity contribution is -0.149. The zero-order valence-corrected chi connectivity index (χ0v) is 12.8. The molecule has 0 bridgehead atoms. The monoisotopic (exact) mass is 299 g/mol. The number of nitrogens with zero attached hydrogens (tertiary/aromatic N) is 1. The fourth-order valence-electron chi connectivity index (χ4n) is 2.11. The summed E-state index contributed by atoms with van der Waals surface area (Å²) in [5.74, 6) is -0.755. The number of rotatable bonds is 8. The molecule has 1 fully saturated rings. The first-order valence-corrected chi connectivity index (χ1v) is 7.52. The summed E-state index contributed by atoms with van der Waals surface area (Å²) < 4.78 is 5.01. The SMILES string of the molecule is CCCNC(=O)CN1CCNC(=O)C1CC(=O)OCCC. The Labute approximate surface area is 125 Å². The Morgan fingerprint density at radius 3 is 2.81 bits per heavy atom. The lowest BCUT2D eigenvalue weighted by Crippen LogP contribution is -2.58. The summed E-state index contributed by atoms with van der Waals surface area (Å²) in [6.07, 6.45) is 1.58. The van der Waals surface area contributed by atoms with E-state index in [4.69, 9.17) is 4.74 Å². The molecule has 21 heavy (non-hydrogen) atoms. The minimum Gasteiger partial charge on any atom is -0.466 e. The zero-order chi connectivity index (χ0) is 15.7. The van der Waals surface area contributed by atoms with Gasteiger partial charge in [-0.05, 0) is 12.8 Å². The van der Waals surface area contributed by atoms with Gasteiger partial charge in [0, 0.05) is 19.6 Å². The Morgan fingerprint density at radius 1 is 1.38 bits per heavy atom.